The summed E-state index contributed by atoms with van der Waals surface area (Å²) in [4.78, 5) is 4.70. The molecular weight excluding hydrogens is 402 g/mol. The minimum absolute atomic E-state index is 0.0508. The Labute approximate surface area is 178 Å². The van der Waals surface area contributed by atoms with Crippen molar-refractivity contribution < 1.29 is 8.78 Å². The van der Waals surface area contributed by atoms with Gasteiger partial charge in [-0.1, -0.05) is 39.3 Å². The largest absolute Gasteiger partial charge is 0.280 e. The number of hydrogen-bond donors (Lipinski definition) is 1. The summed E-state index contributed by atoms with van der Waals surface area (Å²) in [6.45, 7) is 6.85. The van der Waals surface area contributed by atoms with Gasteiger partial charge >= 0.3 is 0 Å². The van der Waals surface area contributed by atoms with E-state index in [0.29, 0.717) is 12.2 Å². The van der Waals surface area contributed by atoms with Crippen LogP contribution in [0.4, 0.5) is 8.78 Å². The van der Waals surface area contributed by atoms with Crippen molar-refractivity contribution in [3.63, 3.8) is 0 Å². The van der Waals surface area contributed by atoms with Crippen molar-refractivity contribution in [2.45, 2.75) is 52.5 Å². The third-order valence-corrected chi connectivity index (χ3v) is 5.04. The fraction of sp³-hybridized carbons (Fsp3) is 0.381. The topological polar surface area (TPSA) is 90.1 Å². The summed E-state index contributed by atoms with van der Waals surface area (Å²) in [6, 6.07) is 8.02. The van der Waals surface area contributed by atoms with Gasteiger partial charge in [-0.2, -0.15) is 9.49 Å². The Bertz CT molecular complexity index is 1140. The van der Waals surface area contributed by atoms with E-state index in [9.17, 15) is 8.78 Å². The monoisotopic (exact) mass is 426 g/mol. The number of nitrogens with one attached hydrogen (secondary N) is 1. The van der Waals surface area contributed by atoms with Crippen molar-refractivity contribution in [1.29, 1.82) is 0 Å². The molecular formula is C21H24F2N8. The Balaban J connectivity index is 1.62. The highest BCUT2D eigenvalue weighted by Crippen LogP contribution is 2.27. The number of aromatic amines is 1. The van der Waals surface area contributed by atoms with Gasteiger partial charge in [-0.15, -0.1) is 5.10 Å². The van der Waals surface area contributed by atoms with E-state index in [1.807, 2.05) is 16.8 Å². The van der Waals surface area contributed by atoms with Crippen LogP contribution in [-0.2, 0) is 13.0 Å². The van der Waals surface area contributed by atoms with Crippen LogP contribution in [0.3, 0.4) is 0 Å². The molecule has 0 aliphatic carbocycles. The summed E-state index contributed by atoms with van der Waals surface area (Å²) in [5.41, 5.74) is 1.39. The van der Waals surface area contributed by atoms with Crippen molar-refractivity contribution in [1.82, 2.24) is 40.0 Å². The van der Waals surface area contributed by atoms with E-state index in [1.54, 1.807) is 12.1 Å². The molecule has 0 amide bonds. The maximum atomic E-state index is 14.5. The molecule has 31 heavy (non-hydrogen) atoms. The standard InChI is InChI=1S/C21H24F2N8/c1-4-5-6-18-24-20(13(2)3)27-30(18)12-14-7-9-15(10-8-14)31-17(23)11-16(22)19(31)21-25-28-29-26-21/h7-11,13H,4-6,12H2,1-3H3,(H,25,26,28,29). The maximum absolute atomic E-state index is 14.5. The molecule has 0 spiro atoms. The van der Waals surface area contributed by atoms with E-state index in [0.717, 1.165) is 47.1 Å². The van der Waals surface area contributed by atoms with Crippen LogP contribution < -0.4 is 0 Å². The molecule has 0 unspecified atom stereocenters. The molecule has 4 aromatic rings. The van der Waals surface area contributed by atoms with Gasteiger partial charge in [0.15, 0.2) is 17.5 Å². The first-order chi connectivity index (χ1) is 15.0. The van der Waals surface area contributed by atoms with Crippen LogP contribution in [0.2, 0.25) is 0 Å². The zero-order valence-electron chi connectivity index (χ0n) is 17.7. The molecule has 0 radical (unpaired) electrons. The highest BCUT2D eigenvalue weighted by atomic mass is 19.1. The minimum atomic E-state index is -0.746. The van der Waals surface area contributed by atoms with E-state index in [-0.39, 0.29) is 17.4 Å². The molecule has 1 aromatic carbocycles. The second kappa shape index (κ2) is 8.75. The highest BCUT2D eigenvalue weighted by Gasteiger charge is 2.21. The summed E-state index contributed by atoms with van der Waals surface area (Å²) in [7, 11) is 0. The van der Waals surface area contributed by atoms with Crippen molar-refractivity contribution in [2.24, 2.45) is 0 Å². The Morgan fingerprint density at radius 3 is 2.55 bits per heavy atom. The van der Waals surface area contributed by atoms with Crippen LogP contribution in [0.1, 0.15) is 56.7 Å². The number of aromatic nitrogens is 8. The molecule has 0 saturated heterocycles. The highest BCUT2D eigenvalue weighted by molar-refractivity contribution is 5.56. The van der Waals surface area contributed by atoms with Crippen molar-refractivity contribution in [2.75, 3.05) is 0 Å². The van der Waals surface area contributed by atoms with Crippen LogP contribution in [-0.4, -0.2) is 40.0 Å². The van der Waals surface area contributed by atoms with Crippen molar-refractivity contribution in [3.05, 3.63) is 59.3 Å². The predicted molar refractivity (Wildman–Crippen MR) is 111 cm³/mol. The lowest BCUT2D eigenvalue weighted by atomic mass is 10.2. The van der Waals surface area contributed by atoms with E-state index in [1.165, 1.54) is 0 Å². The lowest BCUT2D eigenvalue weighted by molar-refractivity contribution is 0.559. The van der Waals surface area contributed by atoms with E-state index >= 15 is 0 Å². The lowest BCUT2D eigenvalue weighted by Gasteiger charge is -2.10. The Kier molecular flexibility index (Phi) is 5.88. The Hall–Kier alpha value is -3.43. The van der Waals surface area contributed by atoms with Gasteiger partial charge in [0.1, 0.15) is 11.5 Å². The van der Waals surface area contributed by atoms with E-state index < -0.39 is 11.8 Å². The summed E-state index contributed by atoms with van der Waals surface area (Å²) < 4.78 is 31.8. The molecule has 4 rings (SSSR count). The van der Waals surface area contributed by atoms with E-state index in [2.05, 4.69) is 46.5 Å². The van der Waals surface area contributed by atoms with Gasteiger partial charge in [-0.25, -0.2) is 19.2 Å². The van der Waals surface area contributed by atoms with Crippen molar-refractivity contribution >= 4 is 0 Å². The SMILES string of the molecule is CCCCc1nc(C(C)C)nn1Cc1ccc(-n2c(F)cc(F)c2-c2nnn[nH]2)cc1. The second-order valence-electron chi connectivity index (χ2n) is 7.72. The van der Waals surface area contributed by atoms with Crippen LogP contribution >= 0.6 is 0 Å². The third-order valence-electron chi connectivity index (χ3n) is 5.04. The smallest absolute Gasteiger partial charge is 0.201 e. The van der Waals surface area contributed by atoms with Gasteiger partial charge in [0.25, 0.3) is 0 Å². The third kappa shape index (κ3) is 4.23. The van der Waals surface area contributed by atoms with Crippen LogP contribution in [0, 0.1) is 11.8 Å². The molecule has 3 aromatic heterocycles. The number of H-pyrrole nitrogens is 1. The molecule has 8 nitrogen and oxygen atoms in total. The summed E-state index contributed by atoms with van der Waals surface area (Å²) in [5, 5.41) is 17.8. The average molecular weight is 426 g/mol. The molecule has 1 N–H and O–H groups in total. The number of hydrogen-bond acceptors (Lipinski definition) is 5. The zero-order chi connectivity index (χ0) is 22.0. The fourth-order valence-corrected chi connectivity index (χ4v) is 3.39. The number of aryl methyl sites for hydroxylation is 1. The van der Waals surface area contributed by atoms with Crippen LogP contribution in [0.25, 0.3) is 17.2 Å². The van der Waals surface area contributed by atoms with E-state index in [4.69, 9.17) is 4.98 Å². The Morgan fingerprint density at radius 1 is 1.13 bits per heavy atom. The summed E-state index contributed by atoms with van der Waals surface area (Å²) in [5.74, 6) is 0.613. The van der Waals surface area contributed by atoms with Crippen LogP contribution in [0.5, 0.6) is 0 Å². The fourth-order valence-electron chi connectivity index (χ4n) is 3.39. The zero-order valence-corrected chi connectivity index (χ0v) is 17.7. The number of unbranched alkanes of at least 4 members (excludes halogenated alkanes) is 1. The number of nitrogens with zero attached hydrogens (tertiary/aromatic N) is 7. The van der Waals surface area contributed by atoms with Crippen molar-refractivity contribution in [3.8, 4) is 17.2 Å². The molecule has 162 valence electrons. The lowest BCUT2D eigenvalue weighted by Crippen LogP contribution is -2.08. The maximum Gasteiger partial charge on any atom is 0.201 e. The van der Waals surface area contributed by atoms with Gasteiger partial charge in [-0.05, 0) is 34.5 Å². The van der Waals surface area contributed by atoms with Gasteiger partial charge in [-0.3, -0.25) is 4.57 Å². The average Bonchev–Trinajstić information content (AvgIpc) is 3.46. The first-order valence-electron chi connectivity index (χ1n) is 10.3. The predicted octanol–water partition coefficient (Wildman–Crippen LogP) is 4.04. The summed E-state index contributed by atoms with van der Waals surface area (Å²) >= 11 is 0. The molecule has 0 aliphatic rings. The minimum Gasteiger partial charge on any atom is -0.280 e. The molecule has 0 fully saturated rings. The van der Waals surface area contributed by atoms with Gasteiger partial charge in [0, 0.05) is 24.1 Å². The number of rotatable bonds is 8. The number of halogens is 2. The number of tetrazole rings is 1. The molecule has 0 bridgehead atoms. The quantitative estimate of drug-likeness (QED) is 0.459. The molecule has 0 saturated carbocycles. The molecule has 0 atom stereocenters. The van der Waals surface area contributed by atoms with Gasteiger partial charge in [0.2, 0.25) is 5.95 Å². The second-order valence-corrected chi connectivity index (χ2v) is 7.72. The van der Waals surface area contributed by atoms with Gasteiger partial charge < -0.3 is 0 Å². The Morgan fingerprint density at radius 2 is 1.90 bits per heavy atom. The van der Waals surface area contributed by atoms with Gasteiger partial charge in [0.05, 0.1) is 6.54 Å². The first kappa shape index (κ1) is 20.8. The normalized spacial score (nSPS) is 11.5. The molecule has 3 heterocycles. The number of benzene rings is 1. The summed E-state index contributed by atoms with van der Waals surface area (Å²) in [6.07, 6.45) is 3.00. The molecule has 0 aliphatic heterocycles. The molecule has 10 heteroatoms. The van der Waals surface area contributed by atoms with Crippen LogP contribution in [0.15, 0.2) is 30.3 Å². The first-order valence-corrected chi connectivity index (χ1v) is 10.3.